The van der Waals surface area contributed by atoms with E-state index >= 15 is 0 Å². The molecule has 2 aromatic carbocycles. The van der Waals surface area contributed by atoms with Crippen LogP contribution in [-0.2, 0) is 17.8 Å². The molecule has 6 heteroatoms. The van der Waals surface area contributed by atoms with Gasteiger partial charge in [0.15, 0.2) is 0 Å². The Hall–Kier alpha value is -1.20. The minimum Gasteiger partial charge on any atom is -0.355 e. The van der Waals surface area contributed by atoms with Crippen molar-refractivity contribution in [3.63, 3.8) is 0 Å². The highest BCUT2D eigenvalue weighted by atomic mass is 35.5. The summed E-state index contributed by atoms with van der Waals surface area (Å²) in [6, 6.07) is 15.6. The number of nitrogens with zero attached hydrogens (tertiary/aromatic N) is 1. The number of hydrogen-bond donors (Lipinski definition) is 1. The van der Waals surface area contributed by atoms with Crippen LogP contribution < -0.4 is 5.32 Å². The summed E-state index contributed by atoms with van der Waals surface area (Å²) in [5, 5.41) is 4.67. The Balaban J connectivity index is 1.46. The van der Waals surface area contributed by atoms with Crippen LogP contribution >= 0.6 is 35.0 Å². The van der Waals surface area contributed by atoms with Gasteiger partial charge in [-0.3, -0.25) is 9.69 Å². The SMILES string of the molecule is O=C(Cc1ccccc1)NCC1CN(Cc2ccc(Cl)c(Cl)c2)CCS1. The molecule has 0 aliphatic carbocycles. The second-order valence-electron chi connectivity index (χ2n) is 6.44. The Morgan fingerprint density at radius 2 is 1.92 bits per heavy atom. The Morgan fingerprint density at radius 3 is 2.69 bits per heavy atom. The van der Waals surface area contributed by atoms with E-state index in [2.05, 4.69) is 10.2 Å². The second-order valence-corrected chi connectivity index (χ2v) is 8.67. The minimum absolute atomic E-state index is 0.0819. The van der Waals surface area contributed by atoms with E-state index in [1.54, 1.807) is 0 Å². The lowest BCUT2D eigenvalue weighted by Crippen LogP contribution is -2.43. The van der Waals surface area contributed by atoms with Crippen molar-refractivity contribution in [3.8, 4) is 0 Å². The van der Waals surface area contributed by atoms with E-state index in [1.165, 1.54) is 0 Å². The van der Waals surface area contributed by atoms with Gasteiger partial charge in [0.25, 0.3) is 0 Å². The van der Waals surface area contributed by atoms with E-state index in [-0.39, 0.29) is 5.91 Å². The van der Waals surface area contributed by atoms with Gasteiger partial charge in [-0.05, 0) is 23.3 Å². The Morgan fingerprint density at radius 1 is 1.12 bits per heavy atom. The van der Waals surface area contributed by atoms with Crippen LogP contribution in [0.5, 0.6) is 0 Å². The molecule has 1 atom stereocenters. The Labute approximate surface area is 169 Å². The van der Waals surface area contributed by atoms with Gasteiger partial charge in [-0.2, -0.15) is 11.8 Å². The molecular weight excluding hydrogens is 387 g/mol. The predicted molar refractivity (Wildman–Crippen MR) is 111 cm³/mol. The number of benzene rings is 2. The number of carbonyl (C=O) groups is 1. The van der Waals surface area contributed by atoms with E-state index in [1.807, 2.05) is 60.3 Å². The number of nitrogens with one attached hydrogen (secondary N) is 1. The largest absolute Gasteiger partial charge is 0.355 e. The zero-order valence-corrected chi connectivity index (χ0v) is 16.8. The normalized spacial score (nSPS) is 17.8. The van der Waals surface area contributed by atoms with Gasteiger partial charge in [0, 0.05) is 37.2 Å². The average Bonchev–Trinajstić information content (AvgIpc) is 2.64. The molecule has 1 saturated heterocycles. The molecule has 0 aromatic heterocycles. The molecular formula is C20H22Cl2N2OS. The number of halogens is 2. The van der Waals surface area contributed by atoms with Crippen LogP contribution in [0.15, 0.2) is 48.5 Å². The Kier molecular flexibility index (Phi) is 7.26. The van der Waals surface area contributed by atoms with Crippen molar-refractivity contribution in [2.75, 3.05) is 25.4 Å². The Bertz CT molecular complexity index is 742. The molecule has 0 radical (unpaired) electrons. The van der Waals surface area contributed by atoms with E-state index < -0.39 is 0 Å². The number of hydrogen-bond acceptors (Lipinski definition) is 3. The predicted octanol–water partition coefficient (Wildman–Crippen LogP) is 4.27. The van der Waals surface area contributed by atoms with E-state index in [0.717, 1.165) is 36.5 Å². The van der Waals surface area contributed by atoms with Crippen molar-refractivity contribution >= 4 is 40.9 Å². The third kappa shape index (κ3) is 5.92. The summed E-state index contributed by atoms with van der Waals surface area (Å²) < 4.78 is 0. The van der Waals surface area contributed by atoms with Gasteiger partial charge < -0.3 is 5.32 Å². The van der Waals surface area contributed by atoms with Gasteiger partial charge in [-0.1, -0.05) is 59.6 Å². The maximum atomic E-state index is 12.1. The van der Waals surface area contributed by atoms with E-state index in [0.29, 0.717) is 28.3 Å². The van der Waals surface area contributed by atoms with Crippen LogP contribution in [0.1, 0.15) is 11.1 Å². The summed E-state index contributed by atoms with van der Waals surface area (Å²) in [7, 11) is 0. The fourth-order valence-electron chi connectivity index (χ4n) is 3.02. The molecule has 3 rings (SSSR count). The highest BCUT2D eigenvalue weighted by Crippen LogP contribution is 2.25. The molecule has 3 nitrogen and oxygen atoms in total. The van der Waals surface area contributed by atoms with Crippen LogP contribution in [0.3, 0.4) is 0 Å². The van der Waals surface area contributed by atoms with E-state index in [4.69, 9.17) is 23.2 Å². The maximum absolute atomic E-state index is 12.1. The summed E-state index contributed by atoms with van der Waals surface area (Å²) in [5.74, 6) is 1.15. The zero-order chi connectivity index (χ0) is 18.4. The summed E-state index contributed by atoms with van der Waals surface area (Å²) in [6.07, 6.45) is 0.436. The summed E-state index contributed by atoms with van der Waals surface area (Å²) >= 11 is 14.0. The topological polar surface area (TPSA) is 32.3 Å². The molecule has 2 aromatic rings. The molecule has 1 aliphatic heterocycles. The van der Waals surface area contributed by atoms with Crippen molar-refractivity contribution in [2.24, 2.45) is 0 Å². The van der Waals surface area contributed by atoms with Crippen molar-refractivity contribution in [1.29, 1.82) is 0 Å². The van der Waals surface area contributed by atoms with Crippen LogP contribution in [0.25, 0.3) is 0 Å². The fourth-order valence-corrected chi connectivity index (χ4v) is 4.55. The van der Waals surface area contributed by atoms with Crippen molar-refractivity contribution < 1.29 is 4.79 Å². The zero-order valence-electron chi connectivity index (χ0n) is 14.5. The molecule has 1 unspecified atom stereocenters. The molecule has 138 valence electrons. The number of amides is 1. The van der Waals surface area contributed by atoms with Crippen molar-refractivity contribution in [1.82, 2.24) is 10.2 Å². The lowest BCUT2D eigenvalue weighted by molar-refractivity contribution is -0.120. The maximum Gasteiger partial charge on any atom is 0.224 e. The van der Waals surface area contributed by atoms with Gasteiger partial charge in [0.05, 0.1) is 16.5 Å². The van der Waals surface area contributed by atoms with Crippen LogP contribution in [0.4, 0.5) is 0 Å². The van der Waals surface area contributed by atoms with Gasteiger partial charge in [-0.25, -0.2) is 0 Å². The first-order valence-corrected chi connectivity index (χ1v) is 10.5. The van der Waals surface area contributed by atoms with Crippen LogP contribution in [0.2, 0.25) is 10.0 Å². The standard InChI is InChI=1S/C20H22Cl2N2OS/c21-18-7-6-16(10-19(18)22)13-24-8-9-26-17(14-24)12-23-20(25)11-15-4-2-1-3-5-15/h1-7,10,17H,8-9,11-14H2,(H,23,25). The molecule has 0 bridgehead atoms. The molecule has 26 heavy (non-hydrogen) atoms. The molecule has 1 aliphatic rings. The third-order valence-corrected chi connectivity index (χ3v) is 6.29. The molecule has 1 N–H and O–H groups in total. The lowest BCUT2D eigenvalue weighted by atomic mass is 10.1. The number of rotatable bonds is 6. The van der Waals surface area contributed by atoms with Crippen LogP contribution in [0, 0.1) is 0 Å². The number of thioether (sulfide) groups is 1. The van der Waals surface area contributed by atoms with Crippen molar-refractivity contribution in [2.45, 2.75) is 18.2 Å². The molecule has 1 amide bonds. The highest BCUT2D eigenvalue weighted by molar-refractivity contribution is 8.00. The number of carbonyl (C=O) groups excluding carboxylic acids is 1. The molecule has 0 saturated carbocycles. The molecule has 1 fully saturated rings. The fraction of sp³-hybridized carbons (Fsp3) is 0.350. The first-order chi connectivity index (χ1) is 12.6. The van der Waals surface area contributed by atoms with Gasteiger partial charge in [-0.15, -0.1) is 0 Å². The second kappa shape index (κ2) is 9.65. The van der Waals surface area contributed by atoms with Crippen LogP contribution in [-0.4, -0.2) is 41.4 Å². The van der Waals surface area contributed by atoms with Gasteiger partial charge in [0.1, 0.15) is 0 Å². The third-order valence-electron chi connectivity index (χ3n) is 4.35. The quantitative estimate of drug-likeness (QED) is 0.774. The summed E-state index contributed by atoms with van der Waals surface area (Å²) in [6.45, 7) is 3.55. The smallest absolute Gasteiger partial charge is 0.224 e. The first-order valence-electron chi connectivity index (χ1n) is 8.68. The monoisotopic (exact) mass is 408 g/mol. The molecule has 1 heterocycles. The first kappa shape index (κ1) is 19.6. The highest BCUT2D eigenvalue weighted by Gasteiger charge is 2.21. The van der Waals surface area contributed by atoms with Gasteiger partial charge in [0.2, 0.25) is 5.91 Å². The van der Waals surface area contributed by atoms with E-state index in [9.17, 15) is 4.79 Å². The lowest BCUT2D eigenvalue weighted by Gasteiger charge is -2.32. The average molecular weight is 409 g/mol. The molecule has 0 spiro atoms. The summed E-state index contributed by atoms with van der Waals surface area (Å²) in [4.78, 5) is 14.5. The summed E-state index contributed by atoms with van der Waals surface area (Å²) in [5.41, 5.74) is 2.21. The van der Waals surface area contributed by atoms with Crippen molar-refractivity contribution in [3.05, 3.63) is 69.7 Å². The van der Waals surface area contributed by atoms with Gasteiger partial charge >= 0.3 is 0 Å². The minimum atomic E-state index is 0.0819.